The maximum Gasteiger partial charge on any atom is 0.416 e. The highest BCUT2D eigenvalue weighted by atomic mass is 19.4. The summed E-state index contributed by atoms with van der Waals surface area (Å²) < 4.78 is 78.5. The van der Waals surface area contributed by atoms with Crippen LogP contribution in [0.15, 0.2) is 24.3 Å². The molecule has 2 nitrogen and oxygen atoms in total. The number of hydrogen-bond acceptors (Lipinski definition) is 2. The zero-order chi connectivity index (χ0) is 14.7. The zero-order valence-corrected chi connectivity index (χ0v) is 9.55. The van der Waals surface area contributed by atoms with Crippen LogP contribution in [0.25, 0.3) is 0 Å². The fourth-order valence-corrected chi connectivity index (χ4v) is 1.23. The van der Waals surface area contributed by atoms with Gasteiger partial charge >= 0.3 is 12.4 Å². The second kappa shape index (κ2) is 5.68. The van der Waals surface area contributed by atoms with Crippen LogP contribution in [0, 0.1) is 5.92 Å². The summed E-state index contributed by atoms with van der Waals surface area (Å²) in [5, 5.41) is 0. The minimum Gasteiger partial charge on any atom is -0.493 e. The minimum atomic E-state index is -4.50. The predicted molar refractivity (Wildman–Crippen MR) is 55.5 cm³/mol. The summed E-state index contributed by atoms with van der Waals surface area (Å²) in [6, 6.07) is 3.40. The first-order chi connectivity index (χ1) is 8.64. The van der Waals surface area contributed by atoms with Crippen molar-refractivity contribution in [3.8, 4) is 5.75 Å². The smallest absolute Gasteiger partial charge is 0.416 e. The van der Waals surface area contributed by atoms with E-state index in [-0.39, 0.29) is 5.75 Å². The van der Waals surface area contributed by atoms with Crippen molar-refractivity contribution in [3.63, 3.8) is 0 Å². The maximum absolute atomic E-state index is 12.3. The number of alkyl halides is 6. The van der Waals surface area contributed by atoms with Gasteiger partial charge in [0.1, 0.15) is 18.3 Å². The Morgan fingerprint density at radius 2 is 1.53 bits per heavy atom. The molecule has 2 N–H and O–H groups in total. The molecule has 1 aromatic rings. The molecule has 1 aromatic carbocycles. The Kier molecular flexibility index (Phi) is 4.67. The van der Waals surface area contributed by atoms with Crippen molar-refractivity contribution < 1.29 is 31.1 Å². The van der Waals surface area contributed by atoms with E-state index in [0.29, 0.717) is 0 Å². The van der Waals surface area contributed by atoms with Gasteiger partial charge in [0.25, 0.3) is 0 Å². The number of halogens is 6. The van der Waals surface area contributed by atoms with Gasteiger partial charge in [-0.3, -0.25) is 0 Å². The van der Waals surface area contributed by atoms with Gasteiger partial charge in [0.05, 0.1) is 5.56 Å². The third-order valence-corrected chi connectivity index (χ3v) is 2.38. The molecule has 0 aliphatic rings. The van der Waals surface area contributed by atoms with Crippen LogP contribution in [0.2, 0.25) is 0 Å². The van der Waals surface area contributed by atoms with Gasteiger partial charge in [-0.2, -0.15) is 26.3 Å². The van der Waals surface area contributed by atoms with Crippen molar-refractivity contribution in [2.24, 2.45) is 11.7 Å². The van der Waals surface area contributed by atoms with Crippen molar-refractivity contribution >= 4 is 0 Å². The summed E-state index contributed by atoms with van der Waals surface area (Å²) >= 11 is 0. The molecule has 0 bridgehead atoms. The van der Waals surface area contributed by atoms with Crippen LogP contribution in [0.5, 0.6) is 5.75 Å². The average molecular weight is 287 g/mol. The molecule has 1 rings (SSSR count). The second-order valence-corrected chi connectivity index (χ2v) is 3.81. The molecule has 0 aliphatic heterocycles. The highest BCUT2D eigenvalue weighted by Gasteiger charge is 2.39. The van der Waals surface area contributed by atoms with E-state index < -0.39 is 37.0 Å². The summed E-state index contributed by atoms with van der Waals surface area (Å²) in [4.78, 5) is 0. The van der Waals surface area contributed by atoms with E-state index in [9.17, 15) is 26.3 Å². The standard InChI is InChI=1S/C11H11F6NO/c12-10(13,14)7-1-3-9(4-2-7)19-6-8(5-18)11(15,16)17/h1-4,8H,5-6,18H2. The topological polar surface area (TPSA) is 35.2 Å². The predicted octanol–water partition coefficient (Wildman–Crippen LogP) is 3.22. The molecule has 0 saturated heterocycles. The Bertz CT molecular complexity index is 397. The molecule has 0 saturated carbocycles. The van der Waals surface area contributed by atoms with Crippen LogP contribution in [0.3, 0.4) is 0 Å². The van der Waals surface area contributed by atoms with Crippen molar-refractivity contribution in [2.45, 2.75) is 12.4 Å². The van der Waals surface area contributed by atoms with Gasteiger partial charge in [0.2, 0.25) is 0 Å². The lowest BCUT2D eigenvalue weighted by molar-refractivity contribution is -0.178. The van der Waals surface area contributed by atoms with Gasteiger partial charge in [-0.05, 0) is 24.3 Å². The number of hydrogen-bond donors (Lipinski definition) is 1. The summed E-state index contributed by atoms with van der Waals surface area (Å²) in [5.41, 5.74) is 4.06. The molecule has 0 aliphatic carbocycles. The minimum absolute atomic E-state index is 0.0734. The Balaban J connectivity index is 2.64. The van der Waals surface area contributed by atoms with Crippen LogP contribution in [-0.4, -0.2) is 19.3 Å². The normalized spacial score (nSPS) is 14.3. The van der Waals surface area contributed by atoms with E-state index in [1.165, 1.54) is 0 Å². The third-order valence-electron chi connectivity index (χ3n) is 2.38. The fraction of sp³-hybridized carbons (Fsp3) is 0.455. The first-order valence-electron chi connectivity index (χ1n) is 5.21. The number of rotatable bonds is 4. The van der Waals surface area contributed by atoms with Crippen molar-refractivity contribution in [1.29, 1.82) is 0 Å². The van der Waals surface area contributed by atoms with Crippen LogP contribution < -0.4 is 10.5 Å². The summed E-state index contributed by atoms with van der Waals surface area (Å²) in [7, 11) is 0. The number of benzene rings is 1. The van der Waals surface area contributed by atoms with E-state index in [4.69, 9.17) is 10.5 Å². The molecule has 1 unspecified atom stereocenters. The average Bonchev–Trinajstić information content (AvgIpc) is 2.27. The molecule has 0 fully saturated rings. The van der Waals surface area contributed by atoms with Crippen molar-refractivity contribution in [2.75, 3.05) is 13.2 Å². The molecular formula is C11H11F6NO. The first-order valence-corrected chi connectivity index (χ1v) is 5.21. The maximum atomic E-state index is 12.3. The monoisotopic (exact) mass is 287 g/mol. The molecule has 0 radical (unpaired) electrons. The molecule has 8 heteroatoms. The fourth-order valence-electron chi connectivity index (χ4n) is 1.23. The quantitative estimate of drug-likeness (QED) is 0.863. The highest BCUT2D eigenvalue weighted by molar-refractivity contribution is 5.28. The molecule has 0 aromatic heterocycles. The Morgan fingerprint density at radius 3 is 1.89 bits per heavy atom. The molecule has 19 heavy (non-hydrogen) atoms. The van der Waals surface area contributed by atoms with Gasteiger partial charge in [0.15, 0.2) is 0 Å². The first kappa shape index (κ1) is 15.6. The Labute approximate surface area is 105 Å². The van der Waals surface area contributed by atoms with Crippen LogP contribution in [0.1, 0.15) is 5.56 Å². The van der Waals surface area contributed by atoms with E-state index in [1.807, 2.05) is 0 Å². The molecule has 0 heterocycles. The second-order valence-electron chi connectivity index (χ2n) is 3.81. The lowest BCUT2D eigenvalue weighted by Crippen LogP contribution is -2.35. The largest absolute Gasteiger partial charge is 0.493 e. The van der Waals surface area contributed by atoms with Crippen LogP contribution >= 0.6 is 0 Å². The summed E-state index contributed by atoms with van der Waals surface area (Å²) in [6.07, 6.45) is -9.00. The molecule has 0 spiro atoms. The summed E-state index contributed by atoms with van der Waals surface area (Å²) in [6.45, 7) is -1.38. The number of nitrogens with two attached hydrogens (primary N) is 1. The van der Waals surface area contributed by atoms with Gasteiger partial charge in [-0.1, -0.05) is 0 Å². The third kappa shape index (κ3) is 4.62. The lowest BCUT2D eigenvalue weighted by atomic mass is 10.1. The van der Waals surface area contributed by atoms with Gasteiger partial charge in [0, 0.05) is 6.54 Å². The molecule has 1 atom stereocenters. The van der Waals surface area contributed by atoms with Gasteiger partial charge in [-0.15, -0.1) is 0 Å². The van der Waals surface area contributed by atoms with E-state index >= 15 is 0 Å². The van der Waals surface area contributed by atoms with Crippen molar-refractivity contribution in [1.82, 2.24) is 0 Å². The number of ether oxygens (including phenoxy) is 1. The zero-order valence-electron chi connectivity index (χ0n) is 9.55. The molecule has 108 valence electrons. The lowest BCUT2D eigenvalue weighted by Gasteiger charge is -2.19. The van der Waals surface area contributed by atoms with Crippen LogP contribution in [-0.2, 0) is 6.18 Å². The van der Waals surface area contributed by atoms with E-state index in [1.54, 1.807) is 0 Å². The Morgan fingerprint density at radius 1 is 1.00 bits per heavy atom. The Hall–Kier alpha value is -1.44. The van der Waals surface area contributed by atoms with Crippen molar-refractivity contribution in [3.05, 3.63) is 29.8 Å². The molecule has 0 amide bonds. The van der Waals surface area contributed by atoms with E-state index in [2.05, 4.69) is 0 Å². The van der Waals surface area contributed by atoms with Gasteiger partial charge < -0.3 is 10.5 Å². The van der Waals surface area contributed by atoms with Crippen LogP contribution in [0.4, 0.5) is 26.3 Å². The van der Waals surface area contributed by atoms with E-state index in [0.717, 1.165) is 24.3 Å². The highest BCUT2D eigenvalue weighted by Crippen LogP contribution is 2.31. The van der Waals surface area contributed by atoms with Gasteiger partial charge in [-0.25, -0.2) is 0 Å². The molecular weight excluding hydrogens is 276 g/mol. The summed E-state index contributed by atoms with van der Waals surface area (Å²) in [5.74, 6) is -1.93. The SMILES string of the molecule is NCC(COc1ccc(C(F)(F)F)cc1)C(F)(F)F.